The number of sulfonamides is 1. The van der Waals surface area contributed by atoms with Crippen molar-refractivity contribution in [3.8, 4) is 0 Å². The lowest BCUT2D eigenvalue weighted by Gasteiger charge is -2.28. The van der Waals surface area contributed by atoms with Crippen molar-refractivity contribution in [3.05, 3.63) is 35.6 Å². The minimum Gasteiger partial charge on any atom is -0.383 e. The normalized spacial score (nSPS) is 21.5. The molecule has 1 atom stereocenters. The number of halogens is 2. The van der Waals surface area contributed by atoms with Gasteiger partial charge in [-0.25, -0.2) is 17.5 Å². The van der Waals surface area contributed by atoms with E-state index in [0.29, 0.717) is 12.2 Å². The van der Waals surface area contributed by atoms with Crippen molar-refractivity contribution in [2.75, 3.05) is 26.8 Å². The van der Waals surface area contributed by atoms with E-state index in [0.717, 1.165) is 19.4 Å². The molecule has 126 valence electrons. The molecule has 0 aromatic heterocycles. The summed E-state index contributed by atoms with van der Waals surface area (Å²) >= 11 is 0. The van der Waals surface area contributed by atoms with Crippen LogP contribution < -0.4 is 10.0 Å². The number of rotatable bonds is 7. The van der Waals surface area contributed by atoms with Crippen LogP contribution in [0.25, 0.3) is 0 Å². The smallest absolute Gasteiger partial charge is 0.215 e. The maximum absolute atomic E-state index is 13.1. The van der Waals surface area contributed by atoms with Gasteiger partial charge in [-0.05, 0) is 37.1 Å². The number of nitrogens with one attached hydrogen (secondary N) is 2. The van der Waals surface area contributed by atoms with Gasteiger partial charge in [0, 0.05) is 13.7 Å². The van der Waals surface area contributed by atoms with Gasteiger partial charge in [0.05, 0.1) is 17.9 Å². The zero-order chi connectivity index (χ0) is 15.3. The molecule has 1 aliphatic heterocycles. The van der Waals surface area contributed by atoms with Crippen LogP contribution >= 0.6 is 12.4 Å². The summed E-state index contributed by atoms with van der Waals surface area (Å²) < 4.78 is 45.1. The van der Waals surface area contributed by atoms with Gasteiger partial charge in [-0.3, -0.25) is 0 Å². The molecule has 2 rings (SSSR count). The molecule has 0 saturated carbocycles. The second kappa shape index (κ2) is 8.21. The van der Waals surface area contributed by atoms with Crippen LogP contribution in [-0.2, 0) is 20.5 Å². The highest BCUT2D eigenvalue weighted by molar-refractivity contribution is 7.88. The molecule has 22 heavy (non-hydrogen) atoms. The highest BCUT2D eigenvalue weighted by Gasteiger charge is 2.34. The van der Waals surface area contributed by atoms with Gasteiger partial charge < -0.3 is 10.1 Å². The van der Waals surface area contributed by atoms with E-state index in [4.69, 9.17) is 4.74 Å². The van der Waals surface area contributed by atoms with E-state index >= 15 is 0 Å². The predicted octanol–water partition coefficient (Wildman–Crippen LogP) is 1.44. The third-order valence-electron chi connectivity index (χ3n) is 3.63. The minimum atomic E-state index is -3.51. The van der Waals surface area contributed by atoms with E-state index in [-0.39, 0.29) is 30.2 Å². The monoisotopic (exact) mass is 352 g/mol. The van der Waals surface area contributed by atoms with Gasteiger partial charge in [0.15, 0.2) is 0 Å². The molecule has 2 N–H and O–H groups in total. The fraction of sp³-hybridized carbons (Fsp3) is 0.571. The molecule has 0 spiro atoms. The van der Waals surface area contributed by atoms with Crippen LogP contribution in [0, 0.1) is 5.82 Å². The molecule has 1 heterocycles. The fourth-order valence-corrected chi connectivity index (χ4v) is 3.83. The summed E-state index contributed by atoms with van der Waals surface area (Å²) in [5.74, 6) is -0.663. The van der Waals surface area contributed by atoms with E-state index in [1.165, 1.54) is 18.2 Å². The maximum atomic E-state index is 13.1. The standard InChI is InChI=1S/C14H21FN2O3S.ClH/c1-20-11-14(6-3-7-16-14)10-17-21(18,19)9-12-4-2-5-13(15)8-12;/h2,4-5,8,16-17H,3,6-7,9-11H2,1H3;1H. The number of hydrogen-bond donors (Lipinski definition) is 2. The van der Waals surface area contributed by atoms with E-state index < -0.39 is 15.8 Å². The molecular formula is C14H22ClFN2O3S. The van der Waals surface area contributed by atoms with Gasteiger partial charge in [-0.15, -0.1) is 12.4 Å². The molecule has 0 radical (unpaired) electrons. The number of hydrogen-bond acceptors (Lipinski definition) is 4. The van der Waals surface area contributed by atoms with Crippen LogP contribution in [-0.4, -0.2) is 40.8 Å². The van der Waals surface area contributed by atoms with E-state index in [1.807, 2.05) is 0 Å². The average Bonchev–Trinajstić information content (AvgIpc) is 2.86. The summed E-state index contributed by atoms with van der Waals surface area (Å²) in [4.78, 5) is 0. The number of ether oxygens (including phenoxy) is 1. The van der Waals surface area contributed by atoms with Crippen molar-refractivity contribution in [2.24, 2.45) is 0 Å². The third-order valence-corrected chi connectivity index (χ3v) is 4.93. The lowest BCUT2D eigenvalue weighted by Crippen LogP contribution is -2.53. The van der Waals surface area contributed by atoms with E-state index in [1.54, 1.807) is 13.2 Å². The first kappa shape index (κ1) is 19.3. The molecule has 1 aromatic rings. The quantitative estimate of drug-likeness (QED) is 0.779. The Labute approximate surface area is 137 Å². The van der Waals surface area contributed by atoms with E-state index in [2.05, 4.69) is 10.0 Å². The summed E-state index contributed by atoms with van der Waals surface area (Å²) in [7, 11) is -1.91. The number of benzene rings is 1. The first-order valence-electron chi connectivity index (χ1n) is 6.90. The summed E-state index contributed by atoms with van der Waals surface area (Å²) in [6, 6.07) is 5.63. The van der Waals surface area contributed by atoms with Crippen molar-refractivity contribution in [1.82, 2.24) is 10.0 Å². The van der Waals surface area contributed by atoms with Crippen molar-refractivity contribution >= 4 is 22.4 Å². The lowest BCUT2D eigenvalue weighted by atomic mass is 9.99. The van der Waals surface area contributed by atoms with Crippen LogP contribution in [0.15, 0.2) is 24.3 Å². The third kappa shape index (κ3) is 5.48. The van der Waals surface area contributed by atoms with Gasteiger partial charge in [0.25, 0.3) is 0 Å². The molecule has 0 bridgehead atoms. The molecule has 5 nitrogen and oxygen atoms in total. The maximum Gasteiger partial charge on any atom is 0.215 e. The van der Waals surface area contributed by atoms with Crippen molar-refractivity contribution in [1.29, 1.82) is 0 Å². The SMILES string of the molecule is COCC1(CNS(=O)(=O)Cc2cccc(F)c2)CCCN1.Cl. The summed E-state index contributed by atoms with van der Waals surface area (Å²) in [5, 5.41) is 3.30. The van der Waals surface area contributed by atoms with Crippen molar-refractivity contribution < 1.29 is 17.5 Å². The van der Waals surface area contributed by atoms with Crippen LogP contribution in [0.2, 0.25) is 0 Å². The van der Waals surface area contributed by atoms with Crippen molar-refractivity contribution in [3.63, 3.8) is 0 Å². The highest BCUT2D eigenvalue weighted by atomic mass is 35.5. The molecule has 8 heteroatoms. The molecule has 1 fully saturated rings. The van der Waals surface area contributed by atoms with Crippen molar-refractivity contribution in [2.45, 2.75) is 24.1 Å². The Hall–Kier alpha value is -0.730. The topological polar surface area (TPSA) is 67.4 Å². The second-order valence-corrected chi connectivity index (χ2v) is 7.26. The van der Waals surface area contributed by atoms with Gasteiger partial charge in [-0.2, -0.15) is 0 Å². The van der Waals surface area contributed by atoms with Crippen LogP contribution in [0.1, 0.15) is 18.4 Å². The first-order chi connectivity index (χ1) is 9.95. The minimum absolute atomic E-state index is 0. The second-order valence-electron chi connectivity index (χ2n) is 5.45. The average molecular weight is 353 g/mol. The molecule has 1 saturated heterocycles. The molecule has 0 amide bonds. The van der Waals surface area contributed by atoms with Gasteiger partial charge in [-0.1, -0.05) is 12.1 Å². The highest BCUT2D eigenvalue weighted by Crippen LogP contribution is 2.19. The summed E-state index contributed by atoms with van der Waals surface area (Å²) in [6.07, 6.45) is 1.86. The zero-order valence-electron chi connectivity index (χ0n) is 12.5. The Bertz CT molecular complexity index is 577. The van der Waals surface area contributed by atoms with Gasteiger partial charge in [0.1, 0.15) is 5.82 Å². The Morgan fingerprint density at radius 3 is 2.82 bits per heavy atom. The summed E-state index contributed by atoms with van der Waals surface area (Å²) in [6.45, 7) is 1.59. The molecular weight excluding hydrogens is 331 g/mol. The summed E-state index contributed by atoms with van der Waals surface area (Å²) in [5.41, 5.74) is 0.0895. The lowest BCUT2D eigenvalue weighted by molar-refractivity contribution is 0.122. The number of methoxy groups -OCH3 is 1. The van der Waals surface area contributed by atoms with Crippen LogP contribution in [0.3, 0.4) is 0 Å². The van der Waals surface area contributed by atoms with Gasteiger partial charge in [0.2, 0.25) is 10.0 Å². The largest absolute Gasteiger partial charge is 0.383 e. The van der Waals surface area contributed by atoms with E-state index in [9.17, 15) is 12.8 Å². The predicted molar refractivity (Wildman–Crippen MR) is 86.1 cm³/mol. The molecule has 1 aliphatic rings. The molecule has 0 aliphatic carbocycles. The Morgan fingerprint density at radius 2 is 2.23 bits per heavy atom. The Balaban J connectivity index is 0.00000242. The fourth-order valence-electron chi connectivity index (χ4n) is 2.62. The molecule has 1 unspecified atom stereocenters. The van der Waals surface area contributed by atoms with Crippen LogP contribution in [0.4, 0.5) is 4.39 Å². The zero-order valence-corrected chi connectivity index (χ0v) is 14.1. The van der Waals surface area contributed by atoms with Gasteiger partial charge >= 0.3 is 0 Å². The molecule has 1 aromatic carbocycles. The Kier molecular flexibility index (Phi) is 7.21. The first-order valence-corrected chi connectivity index (χ1v) is 8.56. The van der Waals surface area contributed by atoms with Crippen LogP contribution in [0.5, 0.6) is 0 Å². The Morgan fingerprint density at radius 1 is 1.45 bits per heavy atom.